The van der Waals surface area contributed by atoms with Crippen molar-refractivity contribution in [2.24, 2.45) is 17.8 Å². The number of ether oxygens (including phenoxy) is 9. The standard InChI is InChI=1S/C49H52N2O9.C37H34N2O12/c52-44(28-32-16-22-41(23-17-32)58-47(55)35-10-4-1-5-11-35)38-29-39(50-45(53)33-18-24-42(25-19-33)59-48(56)36-12-6-2-7-13-36)31-40(30-38)51-46(54)34-20-26-43(27-21-34)60-49(57)37-14-8-3-9-15-37;1-46-20-33(41)49-29-10-4-23(5-11-29)16-32(40)26-17-27(38-36(44)24-6-12-30(13-7-24)50-34(42)21-47-2)19-28(18-26)39-37(45)25-8-14-31(15-9-25)51-35(43)22-48-3/h16-27,29-31,35-37H,1-15,28H2,(H,50,53)(H,51,54);4-15,17-19H,16,20-22H2,1-3H3,(H,38,44)(H,39,45). The minimum atomic E-state index is -0.603. The summed E-state index contributed by atoms with van der Waals surface area (Å²) in [5.74, 6) is -3.64. The quantitative estimate of drug-likeness (QED) is 0.0192. The molecule has 4 amide bonds. The van der Waals surface area contributed by atoms with Crippen LogP contribution in [0, 0.1) is 17.8 Å². The molecule has 3 aliphatic carbocycles. The predicted molar refractivity (Wildman–Crippen MR) is 409 cm³/mol. The Kier molecular flexibility index (Phi) is 29.8. The van der Waals surface area contributed by atoms with Gasteiger partial charge < -0.3 is 63.9 Å². The van der Waals surface area contributed by atoms with Gasteiger partial charge in [-0.25, -0.2) is 14.4 Å². The van der Waals surface area contributed by atoms with E-state index in [4.69, 9.17) is 42.6 Å². The van der Waals surface area contributed by atoms with Crippen molar-refractivity contribution < 1.29 is 100 Å². The summed E-state index contributed by atoms with van der Waals surface area (Å²) in [7, 11) is 4.09. The van der Waals surface area contributed by atoms with Crippen LogP contribution >= 0.6 is 0 Å². The van der Waals surface area contributed by atoms with Gasteiger partial charge in [0.1, 0.15) is 54.3 Å². The number of nitrogens with one attached hydrogen (secondary N) is 4. The first-order valence-corrected chi connectivity index (χ1v) is 36.7. The molecule has 11 rings (SSSR count). The number of Topliss-reactive ketones (excluding diaryl/α,β-unsaturated/α-hetero) is 2. The molecular formula is C86H86N4O21. The van der Waals surface area contributed by atoms with E-state index in [-0.39, 0.29) is 142 Å². The molecule has 25 heteroatoms. The lowest BCUT2D eigenvalue weighted by Crippen LogP contribution is -2.22. The molecule has 3 fully saturated rings. The van der Waals surface area contributed by atoms with Gasteiger partial charge in [-0.15, -0.1) is 0 Å². The van der Waals surface area contributed by atoms with Gasteiger partial charge in [0.25, 0.3) is 23.6 Å². The molecule has 3 aliphatic rings. The van der Waals surface area contributed by atoms with Crippen LogP contribution in [0.25, 0.3) is 0 Å². The van der Waals surface area contributed by atoms with Crippen LogP contribution in [0.5, 0.6) is 34.5 Å². The summed E-state index contributed by atoms with van der Waals surface area (Å²) in [5.41, 5.74) is 3.71. The molecule has 4 N–H and O–H groups in total. The normalized spacial score (nSPS) is 13.6. The Balaban J connectivity index is 0.000000239. The van der Waals surface area contributed by atoms with Gasteiger partial charge in [0, 0.05) is 90.3 Å². The van der Waals surface area contributed by atoms with Crippen molar-refractivity contribution >= 4 is 93.8 Å². The van der Waals surface area contributed by atoms with E-state index in [0.29, 0.717) is 39.5 Å². The molecule has 576 valence electrons. The Labute approximate surface area is 641 Å². The Morgan fingerprint density at radius 2 is 0.486 bits per heavy atom. The molecule has 0 spiro atoms. The van der Waals surface area contributed by atoms with Crippen LogP contribution < -0.4 is 49.7 Å². The first kappa shape index (κ1) is 81.2. The van der Waals surface area contributed by atoms with Crippen LogP contribution in [0.2, 0.25) is 0 Å². The average molecular weight is 1510 g/mol. The van der Waals surface area contributed by atoms with Crippen molar-refractivity contribution in [3.8, 4) is 34.5 Å². The number of esters is 6. The lowest BCUT2D eigenvalue weighted by atomic mass is 9.89. The SMILES string of the molecule is COCC(=O)Oc1ccc(CC(=O)c2cc(NC(=O)c3ccc(OC(=O)COC)cc3)cc(NC(=O)c3ccc(OC(=O)COC)cc3)c2)cc1.O=C(Cc1ccc(OC(=O)C2CCCCC2)cc1)c1cc(NC(=O)c2ccc(OC(=O)C3CCCCC3)cc2)cc(NC(=O)c2ccc(OC(=O)C3CCCCC3)cc2)c1. The summed E-state index contributed by atoms with van der Waals surface area (Å²) >= 11 is 0. The molecule has 0 saturated heterocycles. The molecule has 0 unspecified atom stereocenters. The number of carbonyl (C=O) groups is 12. The smallest absolute Gasteiger partial charge is 0.337 e. The minimum Gasteiger partial charge on any atom is -0.426 e. The van der Waals surface area contributed by atoms with Gasteiger partial charge in [-0.1, -0.05) is 82.1 Å². The third kappa shape index (κ3) is 25.1. The Morgan fingerprint density at radius 3 is 0.712 bits per heavy atom. The molecule has 0 heterocycles. The van der Waals surface area contributed by atoms with Gasteiger partial charge in [0.15, 0.2) is 11.6 Å². The summed E-state index contributed by atoms with van der Waals surface area (Å²) < 4.78 is 46.5. The third-order valence-electron chi connectivity index (χ3n) is 18.5. The van der Waals surface area contributed by atoms with Gasteiger partial charge in [-0.3, -0.25) is 43.2 Å². The van der Waals surface area contributed by atoms with Crippen LogP contribution in [0.1, 0.15) is 170 Å². The second-order valence-corrected chi connectivity index (χ2v) is 27.0. The monoisotopic (exact) mass is 1510 g/mol. The number of hydrogen-bond acceptors (Lipinski definition) is 21. The molecule has 25 nitrogen and oxygen atoms in total. The topological polar surface area (TPSA) is 336 Å². The fraction of sp³-hybridized carbons (Fsp3) is 0.302. The second kappa shape index (κ2) is 40.8. The van der Waals surface area contributed by atoms with E-state index in [1.165, 1.54) is 88.1 Å². The Hall–Kier alpha value is -12.3. The molecule has 0 bridgehead atoms. The second-order valence-electron chi connectivity index (χ2n) is 27.0. The lowest BCUT2D eigenvalue weighted by Gasteiger charge is -2.19. The zero-order valence-corrected chi connectivity index (χ0v) is 61.8. The predicted octanol–water partition coefficient (Wildman–Crippen LogP) is 14.3. The fourth-order valence-corrected chi connectivity index (χ4v) is 12.8. The van der Waals surface area contributed by atoms with Crippen molar-refractivity contribution in [3.63, 3.8) is 0 Å². The maximum atomic E-state index is 13.8. The largest absolute Gasteiger partial charge is 0.426 e. The van der Waals surface area contributed by atoms with Gasteiger partial charge in [0.2, 0.25) is 0 Å². The van der Waals surface area contributed by atoms with Crippen molar-refractivity contribution in [1.29, 1.82) is 0 Å². The van der Waals surface area contributed by atoms with Crippen LogP contribution in [0.15, 0.2) is 182 Å². The third-order valence-corrected chi connectivity index (χ3v) is 18.5. The van der Waals surface area contributed by atoms with Crippen molar-refractivity contribution in [1.82, 2.24) is 0 Å². The molecule has 0 aromatic heterocycles. The van der Waals surface area contributed by atoms with E-state index >= 15 is 0 Å². The molecule has 0 atom stereocenters. The average Bonchev–Trinajstić information content (AvgIpc) is 0.825. The van der Waals surface area contributed by atoms with E-state index in [9.17, 15) is 57.5 Å². The highest BCUT2D eigenvalue weighted by atomic mass is 16.6. The fourth-order valence-electron chi connectivity index (χ4n) is 12.8. The first-order chi connectivity index (χ1) is 53.7. The van der Waals surface area contributed by atoms with Crippen molar-refractivity contribution in [2.45, 2.75) is 109 Å². The van der Waals surface area contributed by atoms with Crippen LogP contribution in [0.3, 0.4) is 0 Å². The molecular weight excluding hydrogens is 1420 g/mol. The van der Waals surface area contributed by atoms with E-state index in [2.05, 4.69) is 21.3 Å². The van der Waals surface area contributed by atoms with Gasteiger partial charge >= 0.3 is 35.8 Å². The zero-order valence-electron chi connectivity index (χ0n) is 61.8. The lowest BCUT2D eigenvalue weighted by molar-refractivity contribution is -0.140. The highest BCUT2D eigenvalue weighted by Crippen LogP contribution is 2.32. The maximum absolute atomic E-state index is 13.8. The molecule has 3 saturated carbocycles. The molecule has 111 heavy (non-hydrogen) atoms. The van der Waals surface area contributed by atoms with Crippen LogP contribution in [-0.4, -0.2) is 112 Å². The summed E-state index contributed by atoms with van der Waals surface area (Å²) in [6, 6.07) is 46.4. The van der Waals surface area contributed by atoms with E-state index in [1.807, 2.05) is 0 Å². The maximum Gasteiger partial charge on any atom is 0.337 e. The van der Waals surface area contributed by atoms with Crippen molar-refractivity contribution in [2.75, 3.05) is 62.4 Å². The Bertz CT molecular complexity index is 4420. The Morgan fingerprint density at radius 1 is 0.270 bits per heavy atom. The number of rotatable bonds is 29. The summed E-state index contributed by atoms with van der Waals surface area (Å²) in [6.45, 7) is -0.681. The number of hydrogen-bond donors (Lipinski definition) is 4. The summed E-state index contributed by atoms with van der Waals surface area (Å²) in [4.78, 5) is 154. The molecule has 0 radical (unpaired) electrons. The van der Waals surface area contributed by atoms with E-state index in [1.54, 1.807) is 115 Å². The van der Waals surface area contributed by atoms with Crippen LogP contribution in [-0.2, 0) is 55.8 Å². The molecule has 0 aliphatic heterocycles. The molecule has 8 aromatic rings. The van der Waals surface area contributed by atoms with Gasteiger partial charge in [-0.2, -0.15) is 0 Å². The summed E-state index contributed by atoms with van der Waals surface area (Å²) in [6.07, 6.45) is 14.4. The highest BCUT2D eigenvalue weighted by Gasteiger charge is 2.27. The molecule has 8 aromatic carbocycles. The minimum absolute atomic E-state index is 0.00369. The number of carbonyl (C=O) groups excluding carboxylic acids is 12. The van der Waals surface area contributed by atoms with Gasteiger partial charge in [0.05, 0.1) is 17.8 Å². The summed E-state index contributed by atoms with van der Waals surface area (Å²) in [5, 5.41) is 11.2. The number of amides is 4. The number of methoxy groups -OCH3 is 3. The number of benzene rings is 8. The first-order valence-electron chi connectivity index (χ1n) is 36.7. The van der Waals surface area contributed by atoms with Gasteiger partial charge in [-0.05, 0) is 207 Å². The van der Waals surface area contributed by atoms with Crippen molar-refractivity contribution in [3.05, 3.63) is 226 Å². The number of ketones is 2. The highest BCUT2D eigenvalue weighted by molar-refractivity contribution is 6.10. The zero-order chi connectivity index (χ0) is 78.6. The van der Waals surface area contributed by atoms with E-state index < -0.39 is 41.5 Å². The van der Waals surface area contributed by atoms with Crippen LogP contribution in [0.4, 0.5) is 22.7 Å². The number of anilines is 4. The van der Waals surface area contributed by atoms with E-state index in [0.717, 1.165) is 96.3 Å².